The highest BCUT2D eigenvalue weighted by molar-refractivity contribution is 5.94. The predicted molar refractivity (Wildman–Crippen MR) is 85.9 cm³/mol. The van der Waals surface area contributed by atoms with E-state index < -0.39 is 5.97 Å². The number of pyridine rings is 1. The summed E-state index contributed by atoms with van der Waals surface area (Å²) in [6.07, 6.45) is 0. The molecule has 116 valence electrons. The van der Waals surface area contributed by atoms with Gasteiger partial charge in [-0.15, -0.1) is 0 Å². The highest BCUT2D eigenvalue weighted by Crippen LogP contribution is 2.20. The van der Waals surface area contributed by atoms with Crippen LogP contribution in [-0.4, -0.2) is 17.6 Å². The molecule has 0 unspecified atom stereocenters. The van der Waals surface area contributed by atoms with Gasteiger partial charge < -0.3 is 9.72 Å². The largest absolute Gasteiger partial charge is 0.462 e. The lowest BCUT2D eigenvalue weighted by atomic mass is 10.1. The van der Waals surface area contributed by atoms with Crippen molar-refractivity contribution >= 4 is 16.9 Å². The fourth-order valence-electron chi connectivity index (χ4n) is 2.40. The van der Waals surface area contributed by atoms with Gasteiger partial charge in [-0.1, -0.05) is 12.1 Å². The Morgan fingerprint density at radius 1 is 1.17 bits per heavy atom. The number of aromatic amines is 1. The van der Waals surface area contributed by atoms with E-state index in [1.165, 1.54) is 24.3 Å². The Kier molecular flexibility index (Phi) is 3.93. The Hall–Kier alpha value is -2.95. The normalized spacial score (nSPS) is 10.7. The molecule has 0 amide bonds. The molecular weight excluding hydrogens is 297 g/mol. The third-order valence-corrected chi connectivity index (χ3v) is 3.48. The van der Waals surface area contributed by atoms with Crippen LogP contribution in [0.15, 0.2) is 53.3 Å². The molecule has 0 saturated heterocycles. The van der Waals surface area contributed by atoms with Crippen molar-refractivity contribution in [3.8, 4) is 11.3 Å². The molecule has 23 heavy (non-hydrogen) atoms. The number of H-pyrrole nitrogens is 1. The first kappa shape index (κ1) is 15.0. The van der Waals surface area contributed by atoms with Crippen molar-refractivity contribution in [3.63, 3.8) is 0 Å². The van der Waals surface area contributed by atoms with Gasteiger partial charge in [-0.25, -0.2) is 9.18 Å². The van der Waals surface area contributed by atoms with Crippen LogP contribution in [-0.2, 0) is 4.74 Å². The molecule has 4 nitrogen and oxygen atoms in total. The molecule has 1 aromatic heterocycles. The van der Waals surface area contributed by atoms with Crippen LogP contribution in [0.4, 0.5) is 4.39 Å². The molecule has 0 fully saturated rings. The van der Waals surface area contributed by atoms with Gasteiger partial charge in [0.2, 0.25) is 0 Å². The van der Waals surface area contributed by atoms with Crippen molar-refractivity contribution in [1.82, 2.24) is 4.98 Å². The average Bonchev–Trinajstić information content (AvgIpc) is 2.54. The topological polar surface area (TPSA) is 59.2 Å². The summed E-state index contributed by atoms with van der Waals surface area (Å²) in [7, 11) is 0. The molecule has 0 aliphatic heterocycles. The third-order valence-electron chi connectivity index (χ3n) is 3.48. The fraction of sp³-hybridized carbons (Fsp3) is 0.111. The van der Waals surface area contributed by atoms with Crippen LogP contribution in [0.25, 0.3) is 22.2 Å². The number of carbonyl (C=O) groups is 1. The van der Waals surface area contributed by atoms with Crippen molar-refractivity contribution in [2.24, 2.45) is 0 Å². The first-order valence-corrected chi connectivity index (χ1v) is 7.18. The van der Waals surface area contributed by atoms with E-state index in [-0.39, 0.29) is 17.9 Å². The number of aromatic nitrogens is 1. The summed E-state index contributed by atoms with van der Waals surface area (Å²) in [5.74, 6) is -0.843. The first-order valence-electron chi connectivity index (χ1n) is 7.18. The van der Waals surface area contributed by atoms with E-state index in [9.17, 15) is 14.0 Å². The average molecular weight is 311 g/mol. The van der Waals surface area contributed by atoms with E-state index in [4.69, 9.17) is 4.74 Å². The second kappa shape index (κ2) is 6.04. The quantitative estimate of drug-likeness (QED) is 0.753. The Morgan fingerprint density at radius 3 is 2.74 bits per heavy atom. The number of rotatable bonds is 3. The molecule has 2 aromatic carbocycles. The van der Waals surface area contributed by atoms with Crippen molar-refractivity contribution < 1.29 is 13.9 Å². The van der Waals surface area contributed by atoms with Crippen molar-refractivity contribution in [2.75, 3.05) is 6.61 Å². The Bertz CT molecular complexity index is 946. The maximum Gasteiger partial charge on any atom is 0.338 e. The molecule has 0 spiro atoms. The van der Waals surface area contributed by atoms with Crippen LogP contribution >= 0.6 is 0 Å². The zero-order valence-corrected chi connectivity index (χ0v) is 12.4. The number of benzene rings is 2. The lowest BCUT2D eigenvalue weighted by Crippen LogP contribution is -2.08. The van der Waals surface area contributed by atoms with Crippen molar-refractivity contribution in [1.29, 1.82) is 0 Å². The minimum atomic E-state index is -0.469. The van der Waals surface area contributed by atoms with E-state index >= 15 is 0 Å². The standard InChI is InChI=1S/C18H14FNO3/c1-2-23-18(22)12-6-7-15-14(9-12)17(21)10-16(20-15)11-4-3-5-13(19)8-11/h3-10H,2H2,1H3,(H,20,21). The number of fused-ring (bicyclic) bond motifs is 1. The van der Waals surface area contributed by atoms with Gasteiger partial charge in [0, 0.05) is 28.2 Å². The van der Waals surface area contributed by atoms with Crippen LogP contribution in [0.1, 0.15) is 17.3 Å². The maximum atomic E-state index is 13.3. The third kappa shape index (κ3) is 2.99. The van der Waals surface area contributed by atoms with Crippen LogP contribution in [0.3, 0.4) is 0 Å². The highest BCUT2D eigenvalue weighted by Gasteiger charge is 2.10. The Labute approximate surface area is 131 Å². The summed E-state index contributed by atoms with van der Waals surface area (Å²) in [6.45, 7) is 1.99. The minimum absolute atomic E-state index is 0.246. The smallest absolute Gasteiger partial charge is 0.338 e. The number of hydrogen-bond acceptors (Lipinski definition) is 3. The van der Waals surface area contributed by atoms with Gasteiger partial charge in [0.1, 0.15) is 5.82 Å². The van der Waals surface area contributed by atoms with Gasteiger partial charge in [-0.05, 0) is 37.3 Å². The molecule has 0 aliphatic carbocycles. The molecule has 0 aliphatic rings. The highest BCUT2D eigenvalue weighted by atomic mass is 19.1. The van der Waals surface area contributed by atoms with E-state index in [1.54, 1.807) is 31.2 Å². The summed E-state index contributed by atoms with van der Waals surface area (Å²) in [5, 5.41) is 0.385. The van der Waals surface area contributed by atoms with Gasteiger partial charge in [0.25, 0.3) is 0 Å². The summed E-state index contributed by atoms with van der Waals surface area (Å²) in [5.41, 5.74) is 1.75. The van der Waals surface area contributed by atoms with Crippen LogP contribution in [0.5, 0.6) is 0 Å². The SMILES string of the molecule is CCOC(=O)c1ccc2[nH]c(-c3cccc(F)c3)cc(=O)c2c1. The summed E-state index contributed by atoms with van der Waals surface area (Å²) < 4.78 is 18.3. The molecular formula is C18H14FNO3. The van der Waals surface area contributed by atoms with Gasteiger partial charge in [-0.3, -0.25) is 4.79 Å². The van der Waals surface area contributed by atoms with Gasteiger partial charge in [0.15, 0.2) is 5.43 Å². The van der Waals surface area contributed by atoms with E-state index in [2.05, 4.69) is 4.98 Å². The lowest BCUT2D eigenvalue weighted by molar-refractivity contribution is 0.0526. The summed E-state index contributed by atoms with van der Waals surface area (Å²) in [6, 6.07) is 12.1. The fourth-order valence-corrected chi connectivity index (χ4v) is 2.40. The number of nitrogens with one attached hydrogen (secondary N) is 1. The van der Waals surface area contributed by atoms with E-state index in [0.717, 1.165) is 0 Å². The predicted octanol–water partition coefficient (Wildman–Crippen LogP) is 3.51. The monoisotopic (exact) mass is 311 g/mol. The van der Waals surface area contributed by atoms with Crippen molar-refractivity contribution in [3.05, 3.63) is 70.1 Å². The molecule has 0 radical (unpaired) electrons. The summed E-state index contributed by atoms with van der Waals surface area (Å²) >= 11 is 0. The maximum absolute atomic E-state index is 13.3. The molecule has 1 N–H and O–H groups in total. The Balaban J connectivity index is 2.11. The molecule has 3 rings (SSSR count). The first-order chi connectivity index (χ1) is 11.1. The molecule has 1 heterocycles. The van der Waals surface area contributed by atoms with Crippen LogP contribution < -0.4 is 5.43 Å². The second-order valence-electron chi connectivity index (χ2n) is 5.04. The van der Waals surface area contributed by atoms with Crippen molar-refractivity contribution in [2.45, 2.75) is 6.92 Å². The zero-order valence-electron chi connectivity index (χ0n) is 12.4. The lowest BCUT2D eigenvalue weighted by Gasteiger charge is -2.07. The number of carbonyl (C=O) groups excluding carboxylic acids is 1. The zero-order chi connectivity index (χ0) is 16.4. The summed E-state index contributed by atoms with van der Waals surface area (Å²) in [4.78, 5) is 27.2. The van der Waals surface area contributed by atoms with Crippen LogP contribution in [0, 0.1) is 5.82 Å². The molecule has 0 atom stereocenters. The number of halogens is 1. The molecule has 3 aromatic rings. The Morgan fingerprint density at radius 2 is 2.00 bits per heavy atom. The number of hydrogen-bond donors (Lipinski definition) is 1. The van der Waals surface area contributed by atoms with Gasteiger partial charge in [0.05, 0.1) is 12.2 Å². The number of esters is 1. The van der Waals surface area contributed by atoms with Gasteiger partial charge >= 0.3 is 5.97 Å². The minimum Gasteiger partial charge on any atom is -0.462 e. The molecule has 5 heteroatoms. The number of ether oxygens (including phenoxy) is 1. The van der Waals surface area contributed by atoms with E-state index in [0.29, 0.717) is 27.7 Å². The molecule has 0 saturated carbocycles. The second-order valence-corrected chi connectivity index (χ2v) is 5.04. The van der Waals surface area contributed by atoms with E-state index in [1.807, 2.05) is 0 Å². The van der Waals surface area contributed by atoms with Gasteiger partial charge in [-0.2, -0.15) is 0 Å². The van der Waals surface area contributed by atoms with Crippen LogP contribution in [0.2, 0.25) is 0 Å². The molecule has 0 bridgehead atoms.